The zero-order valence-electron chi connectivity index (χ0n) is 14.4. The second kappa shape index (κ2) is 7.67. The molecule has 0 unspecified atom stereocenters. The van der Waals surface area contributed by atoms with E-state index in [9.17, 15) is 4.79 Å². The molecule has 1 aliphatic heterocycles. The minimum atomic E-state index is -0.415. The number of carbonyl (C=O) groups excluding carboxylic acids is 1. The van der Waals surface area contributed by atoms with Gasteiger partial charge in [-0.3, -0.25) is 0 Å². The number of hydrogen-bond acceptors (Lipinski definition) is 2. The van der Waals surface area contributed by atoms with Gasteiger partial charge >= 0.3 is 6.09 Å². The van der Waals surface area contributed by atoms with Crippen LogP contribution in [0.4, 0.5) is 4.79 Å². The lowest BCUT2D eigenvalue weighted by Gasteiger charge is -2.34. The molecule has 0 aliphatic carbocycles. The third kappa shape index (κ3) is 6.83. The van der Waals surface area contributed by atoms with Crippen LogP contribution in [0.5, 0.6) is 0 Å². The number of nitrogens with zero attached hydrogens (tertiary/aromatic N) is 1. The Hall–Kier alpha value is -1.25. The van der Waals surface area contributed by atoms with Gasteiger partial charge in [-0.15, -0.1) is 0 Å². The van der Waals surface area contributed by atoms with Gasteiger partial charge in [0.2, 0.25) is 0 Å². The zero-order chi connectivity index (χ0) is 16.0. The first-order valence-electron chi connectivity index (χ1n) is 7.98. The van der Waals surface area contributed by atoms with Crippen LogP contribution < -0.4 is 0 Å². The van der Waals surface area contributed by atoms with E-state index in [1.807, 2.05) is 25.7 Å². The molecule has 0 aromatic carbocycles. The number of ether oxygens (including phenoxy) is 1. The van der Waals surface area contributed by atoms with Gasteiger partial charge in [-0.1, -0.05) is 23.8 Å². The Kier molecular flexibility index (Phi) is 6.50. The Bertz CT molecular complexity index is 392. The first kappa shape index (κ1) is 17.8. The molecule has 0 N–H and O–H groups in total. The molecule has 3 nitrogen and oxygen atoms in total. The van der Waals surface area contributed by atoms with Crippen molar-refractivity contribution in [2.75, 3.05) is 13.1 Å². The molecule has 1 saturated heterocycles. The van der Waals surface area contributed by atoms with Crippen molar-refractivity contribution in [3.8, 4) is 0 Å². The molecule has 0 bridgehead atoms. The van der Waals surface area contributed by atoms with Crippen LogP contribution >= 0.6 is 0 Å². The molecule has 0 saturated carbocycles. The van der Waals surface area contributed by atoms with Crippen molar-refractivity contribution in [3.05, 3.63) is 23.8 Å². The van der Waals surface area contributed by atoms with E-state index in [0.29, 0.717) is 5.92 Å². The number of hydrogen-bond donors (Lipinski definition) is 0. The quantitative estimate of drug-likeness (QED) is 0.687. The van der Waals surface area contributed by atoms with Crippen molar-refractivity contribution < 1.29 is 9.53 Å². The van der Waals surface area contributed by atoms with Crippen molar-refractivity contribution in [1.29, 1.82) is 0 Å². The van der Waals surface area contributed by atoms with Gasteiger partial charge < -0.3 is 9.64 Å². The second-order valence-corrected chi connectivity index (χ2v) is 7.22. The molecule has 1 aliphatic rings. The maximum atomic E-state index is 12.0. The molecule has 1 fully saturated rings. The van der Waals surface area contributed by atoms with E-state index in [1.165, 1.54) is 11.1 Å². The fourth-order valence-electron chi connectivity index (χ4n) is 2.55. The highest BCUT2D eigenvalue weighted by Gasteiger charge is 2.27. The molecule has 0 aromatic rings. The summed E-state index contributed by atoms with van der Waals surface area (Å²) in [5.74, 6) is 0.550. The first-order chi connectivity index (χ1) is 9.69. The van der Waals surface area contributed by atoms with E-state index < -0.39 is 5.60 Å². The smallest absolute Gasteiger partial charge is 0.410 e. The summed E-state index contributed by atoms with van der Waals surface area (Å²) in [7, 11) is 0. The van der Waals surface area contributed by atoms with Crippen molar-refractivity contribution in [2.45, 2.75) is 65.9 Å². The minimum absolute atomic E-state index is 0.184. The van der Waals surface area contributed by atoms with Crippen LogP contribution in [0.2, 0.25) is 0 Å². The summed E-state index contributed by atoms with van der Waals surface area (Å²) >= 11 is 0. The summed E-state index contributed by atoms with van der Waals surface area (Å²) < 4.78 is 5.42. The molecular weight excluding hydrogens is 262 g/mol. The number of allylic oxidation sites excluding steroid dienone is 3. The predicted molar refractivity (Wildman–Crippen MR) is 88.3 cm³/mol. The Labute approximate surface area is 130 Å². The SMILES string of the molecule is C=C(CCC=C(C)C)C1CCN(C(=O)OC(C)(C)C)CC1. The highest BCUT2D eigenvalue weighted by molar-refractivity contribution is 5.68. The number of piperidine rings is 1. The van der Waals surface area contributed by atoms with Gasteiger partial charge in [0, 0.05) is 13.1 Å². The lowest BCUT2D eigenvalue weighted by atomic mass is 9.87. The monoisotopic (exact) mass is 293 g/mol. The van der Waals surface area contributed by atoms with Crippen LogP contribution in [0.25, 0.3) is 0 Å². The summed E-state index contributed by atoms with van der Waals surface area (Å²) in [4.78, 5) is 13.8. The van der Waals surface area contributed by atoms with Crippen LogP contribution in [0.1, 0.15) is 60.3 Å². The number of amides is 1. The fourth-order valence-corrected chi connectivity index (χ4v) is 2.55. The van der Waals surface area contributed by atoms with Gasteiger partial charge in [-0.2, -0.15) is 0 Å². The van der Waals surface area contributed by atoms with E-state index in [0.717, 1.165) is 38.8 Å². The van der Waals surface area contributed by atoms with Gasteiger partial charge in [-0.05, 0) is 66.2 Å². The molecule has 120 valence electrons. The summed E-state index contributed by atoms with van der Waals surface area (Å²) in [6, 6.07) is 0. The predicted octanol–water partition coefficient (Wildman–Crippen LogP) is 4.94. The van der Waals surface area contributed by atoms with Crippen LogP contribution in [0, 0.1) is 5.92 Å². The average molecular weight is 293 g/mol. The van der Waals surface area contributed by atoms with Crippen molar-refractivity contribution in [1.82, 2.24) is 4.90 Å². The summed E-state index contributed by atoms with van der Waals surface area (Å²) in [5, 5.41) is 0. The minimum Gasteiger partial charge on any atom is -0.444 e. The third-order valence-corrected chi connectivity index (χ3v) is 3.74. The van der Waals surface area contributed by atoms with E-state index in [4.69, 9.17) is 4.74 Å². The molecular formula is C18H31NO2. The molecule has 3 heteroatoms. The molecule has 0 aromatic heterocycles. The van der Waals surface area contributed by atoms with E-state index in [-0.39, 0.29) is 6.09 Å². The van der Waals surface area contributed by atoms with Gasteiger partial charge in [0.1, 0.15) is 5.60 Å². The summed E-state index contributed by atoms with van der Waals surface area (Å²) in [6.45, 7) is 15.8. The molecule has 1 amide bonds. The number of likely N-dealkylation sites (tertiary alicyclic amines) is 1. The van der Waals surface area contributed by atoms with Crippen LogP contribution in [0.3, 0.4) is 0 Å². The summed E-state index contributed by atoms with van der Waals surface area (Å²) in [6.07, 6.45) is 6.23. The fraction of sp³-hybridized carbons (Fsp3) is 0.722. The molecule has 0 atom stereocenters. The normalized spacial score (nSPS) is 16.5. The highest BCUT2D eigenvalue weighted by Crippen LogP contribution is 2.27. The van der Waals surface area contributed by atoms with Crippen molar-refractivity contribution in [2.24, 2.45) is 5.92 Å². The maximum Gasteiger partial charge on any atom is 0.410 e. The third-order valence-electron chi connectivity index (χ3n) is 3.74. The van der Waals surface area contributed by atoms with Gasteiger partial charge in [0.05, 0.1) is 0 Å². The van der Waals surface area contributed by atoms with Gasteiger partial charge in [-0.25, -0.2) is 4.79 Å². The lowest BCUT2D eigenvalue weighted by Crippen LogP contribution is -2.41. The van der Waals surface area contributed by atoms with Gasteiger partial charge in [0.25, 0.3) is 0 Å². The largest absolute Gasteiger partial charge is 0.444 e. The Balaban J connectivity index is 2.36. The Morgan fingerprint density at radius 3 is 2.33 bits per heavy atom. The molecule has 0 radical (unpaired) electrons. The van der Waals surface area contributed by atoms with Crippen molar-refractivity contribution >= 4 is 6.09 Å². The lowest BCUT2D eigenvalue weighted by molar-refractivity contribution is 0.0193. The molecule has 1 rings (SSSR count). The molecule has 1 heterocycles. The number of carbonyl (C=O) groups is 1. The molecule has 21 heavy (non-hydrogen) atoms. The Morgan fingerprint density at radius 1 is 1.29 bits per heavy atom. The van der Waals surface area contributed by atoms with Crippen LogP contribution in [0.15, 0.2) is 23.8 Å². The van der Waals surface area contributed by atoms with Gasteiger partial charge in [0.15, 0.2) is 0 Å². The maximum absolute atomic E-state index is 12.0. The van der Waals surface area contributed by atoms with Crippen molar-refractivity contribution in [3.63, 3.8) is 0 Å². The summed E-state index contributed by atoms with van der Waals surface area (Å²) in [5.41, 5.74) is 2.28. The van der Waals surface area contributed by atoms with E-state index >= 15 is 0 Å². The average Bonchev–Trinajstić information content (AvgIpc) is 2.36. The Morgan fingerprint density at radius 2 is 1.86 bits per heavy atom. The van der Waals surface area contributed by atoms with Crippen LogP contribution in [-0.4, -0.2) is 29.7 Å². The van der Waals surface area contributed by atoms with E-state index in [1.54, 1.807) is 0 Å². The second-order valence-electron chi connectivity index (χ2n) is 7.22. The zero-order valence-corrected chi connectivity index (χ0v) is 14.4. The van der Waals surface area contributed by atoms with Crippen LogP contribution in [-0.2, 0) is 4.74 Å². The standard InChI is InChI=1S/C18H31NO2/c1-14(2)8-7-9-15(3)16-10-12-19(13-11-16)17(20)21-18(4,5)6/h8,16H,3,7,9-13H2,1-2,4-6H3. The highest BCUT2D eigenvalue weighted by atomic mass is 16.6. The number of rotatable bonds is 4. The molecule has 0 spiro atoms. The topological polar surface area (TPSA) is 29.5 Å². The first-order valence-corrected chi connectivity index (χ1v) is 7.98. The van der Waals surface area contributed by atoms with E-state index in [2.05, 4.69) is 26.5 Å².